The monoisotopic (exact) mass is 285 g/mol. The summed E-state index contributed by atoms with van der Waals surface area (Å²) in [5, 5.41) is 0.783. The molecule has 0 aromatic heterocycles. The van der Waals surface area contributed by atoms with Gasteiger partial charge in [-0.15, -0.1) is 11.8 Å². The molecule has 4 heteroatoms. The number of rotatable bonds is 5. The summed E-state index contributed by atoms with van der Waals surface area (Å²) in [4.78, 5) is 1.24. The minimum Gasteiger partial charge on any atom is -0.381 e. The van der Waals surface area contributed by atoms with Crippen LogP contribution < -0.4 is 5.73 Å². The molecule has 1 fully saturated rings. The molecule has 1 aliphatic heterocycles. The summed E-state index contributed by atoms with van der Waals surface area (Å²) >= 11 is 7.67. The Balaban J connectivity index is 1.70. The molecule has 18 heavy (non-hydrogen) atoms. The van der Waals surface area contributed by atoms with E-state index in [-0.39, 0.29) is 6.04 Å². The van der Waals surface area contributed by atoms with E-state index < -0.39 is 0 Å². The number of halogens is 1. The van der Waals surface area contributed by atoms with Crippen molar-refractivity contribution in [1.29, 1.82) is 0 Å². The summed E-state index contributed by atoms with van der Waals surface area (Å²) in [7, 11) is 0. The molecule has 1 aromatic rings. The molecular weight excluding hydrogens is 266 g/mol. The van der Waals surface area contributed by atoms with Crippen LogP contribution >= 0.6 is 23.4 Å². The quantitative estimate of drug-likeness (QED) is 0.840. The third kappa shape index (κ3) is 4.81. The van der Waals surface area contributed by atoms with Crippen molar-refractivity contribution in [1.82, 2.24) is 0 Å². The zero-order valence-corrected chi connectivity index (χ0v) is 12.1. The maximum atomic E-state index is 6.19. The van der Waals surface area contributed by atoms with E-state index >= 15 is 0 Å². The normalized spacial score (nSPS) is 18.8. The van der Waals surface area contributed by atoms with Gasteiger partial charge in [-0.1, -0.05) is 11.6 Å². The predicted octanol–water partition coefficient (Wildman–Crippen LogP) is 3.58. The van der Waals surface area contributed by atoms with Crippen LogP contribution in [0.3, 0.4) is 0 Å². The van der Waals surface area contributed by atoms with E-state index in [0.717, 1.165) is 36.3 Å². The fourth-order valence-corrected chi connectivity index (χ4v) is 3.21. The fourth-order valence-electron chi connectivity index (χ4n) is 2.21. The van der Waals surface area contributed by atoms with Crippen LogP contribution in [0.25, 0.3) is 0 Å². The van der Waals surface area contributed by atoms with Gasteiger partial charge in [-0.25, -0.2) is 0 Å². The number of hydrogen-bond donors (Lipinski definition) is 1. The van der Waals surface area contributed by atoms with Crippen LogP contribution in [-0.2, 0) is 4.74 Å². The molecule has 0 amide bonds. The molecule has 2 nitrogen and oxygen atoms in total. The van der Waals surface area contributed by atoms with Crippen molar-refractivity contribution < 1.29 is 4.74 Å². The number of benzene rings is 1. The Kier molecular flexibility index (Phi) is 5.83. The second kappa shape index (κ2) is 7.39. The van der Waals surface area contributed by atoms with Gasteiger partial charge in [0.2, 0.25) is 0 Å². The molecule has 0 aliphatic carbocycles. The predicted molar refractivity (Wildman–Crippen MR) is 78.3 cm³/mol. The maximum Gasteiger partial charge on any atom is 0.0468 e. The number of nitrogens with two attached hydrogens (primary N) is 1. The highest BCUT2D eigenvalue weighted by atomic mass is 35.5. The van der Waals surface area contributed by atoms with E-state index in [4.69, 9.17) is 22.1 Å². The fraction of sp³-hybridized carbons (Fsp3) is 0.571. The van der Waals surface area contributed by atoms with E-state index in [1.54, 1.807) is 0 Å². The summed E-state index contributed by atoms with van der Waals surface area (Å²) in [6.07, 6.45) is 3.45. The summed E-state index contributed by atoms with van der Waals surface area (Å²) in [5.41, 5.74) is 6.19. The van der Waals surface area contributed by atoms with Gasteiger partial charge in [0.25, 0.3) is 0 Å². The van der Waals surface area contributed by atoms with E-state index in [2.05, 4.69) is 0 Å². The Labute approximate surface area is 118 Å². The molecule has 2 N–H and O–H groups in total. The topological polar surface area (TPSA) is 35.2 Å². The molecule has 1 atom stereocenters. The van der Waals surface area contributed by atoms with Crippen molar-refractivity contribution in [2.45, 2.75) is 30.2 Å². The van der Waals surface area contributed by atoms with Gasteiger partial charge in [0.05, 0.1) is 0 Å². The third-order valence-electron chi connectivity index (χ3n) is 3.25. The number of hydrogen-bond acceptors (Lipinski definition) is 3. The Morgan fingerprint density at radius 1 is 1.28 bits per heavy atom. The van der Waals surface area contributed by atoms with Gasteiger partial charge in [-0.05, 0) is 49.4 Å². The zero-order chi connectivity index (χ0) is 12.8. The molecule has 1 unspecified atom stereocenters. The second-order valence-corrected chi connectivity index (χ2v) is 6.35. The van der Waals surface area contributed by atoms with Crippen LogP contribution in [0.2, 0.25) is 5.02 Å². The van der Waals surface area contributed by atoms with Crippen LogP contribution in [0, 0.1) is 5.92 Å². The maximum absolute atomic E-state index is 6.19. The highest BCUT2D eigenvalue weighted by Gasteiger charge is 2.17. The summed E-state index contributed by atoms with van der Waals surface area (Å²) in [5.74, 6) is 1.72. The minimum absolute atomic E-state index is 0.272. The SMILES string of the molecule is NC(CSc1ccc(Cl)cc1)CC1CCOCC1. The summed E-state index contributed by atoms with van der Waals surface area (Å²) in [6, 6.07) is 8.22. The summed E-state index contributed by atoms with van der Waals surface area (Å²) < 4.78 is 5.36. The Morgan fingerprint density at radius 3 is 2.61 bits per heavy atom. The zero-order valence-electron chi connectivity index (χ0n) is 10.5. The molecule has 1 heterocycles. The van der Waals surface area contributed by atoms with Crippen molar-refractivity contribution in [3.8, 4) is 0 Å². The second-order valence-electron chi connectivity index (χ2n) is 4.82. The van der Waals surface area contributed by atoms with Crippen LogP contribution in [0.4, 0.5) is 0 Å². The van der Waals surface area contributed by atoms with Gasteiger partial charge in [-0.2, -0.15) is 0 Å². The van der Waals surface area contributed by atoms with Gasteiger partial charge in [0.1, 0.15) is 0 Å². The lowest BCUT2D eigenvalue weighted by Gasteiger charge is -2.24. The Morgan fingerprint density at radius 2 is 1.94 bits per heavy atom. The largest absolute Gasteiger partial charge is 0.381 e. The standard InChI is InChI=1S/C14H20ClNOS/c15-12-1-3-14(4-2-12)18-10-13(16)9-11-5-7-17-8-6-11/h1-4,11,13H,5-10,16H2. The number of thioether (sulfide) groups is 1. The Hall–Kier alpha value is -0.220. The van der Waals surface area contributed by atoms with E-state index in [1.807, 2.05) is 36.0 Å². The van der Waals surface area contributed by atoms with E-state index in [9.17, 15) is 0 Å². The van der Waals surface area contributed by atoms with Crippen molar-refractivity contribution in [3.05, 3.63) is 29.3 Å². The highest BCUT2D eigenvalue weighted by molar-refractivity contribution is 7.99. The van der Waals surface area contributed by atoms with Gasteiger partial charge >= 0.3 is 0 Å². The van der Waals surface area contributed by atoms with Crippen molar-refractivity contribution in [2.24, 2.45) is 11.7 Å². The molecule has 0 spiro atoms. The lowest BCUT2D eigenvalue weighted by Crippen LogP contribution is -2.28. The molecule has 1 saturated heterocycles. The number of ether oxygens (including phenoxy) is 1. The van der Waals surface area contributed by atoms with Gasteiger partial charge in [0.15, 0.2) is 0 Å². The highest BCUT2D eigenvalue weighted by Crippen LogP contribution is 2.24. The molecule has 100 valence electrons. The van der Waals surface area contributed by atoms with Crippen LogP contribution in [-0.4, -0.2) is 25.0 Å². The first-order chi connectivity index (χ1) is 8.74. The smallest absolute Gasteiger partial charge is 0.0468 e. The first-order valence-corrected chi connectivity index (χ1v) is 7.82. The molecule has 2 rings (SSSR count). The van der Waals surface area contributed by atoms with Crippen LogP contribution in [0.15, 0.2) is 29.2 Å². The molecular formula is C14H20ClNOS. The first kappa shape index (κ1) is 14.2. The molecule has 1 aromatic carbocycles. The summed E-state index contributed by atoms with van der Waals surface area (Å²) in [6.45, 7) is 1.81. The van der Waals surface area contributed by atoms with Crippen LogP contribution in [0.1, 0.15) is 19.3 Å². The average molecular weight is 286 g/mol. The first-order valence-electron chi connectivity index (χ1n) is 6.46. The Bertz CT molecular complexity index is 351. The van der Waals surface area contributed by atoms with E-state index in [0.29, 0.717) is 0 Å². The van der Waals surface area contributed by atoms with Crippen molar-refractivity contribution in [3.63, 3.8) is 0 Å². The van der Waals surface area contributed by atoms with Crippen molar-refractivity contribution >= 4 is 23.4 Å². The van der Waals surface area contributed by atoms with Gasteiger partial charge < -0.3 is 10.5 Å². The minimum atomic E-state index is 0.272. The van der Waals surface area contributed by atoms with Gasteiger partial charge in [-0.3, -0.25) is 0 Å². The average Bonchev–Trinajstić information content (AvgIpc) is 2.39. The van der Waals surface area contributed by atoms with Crippen LogP contribution in [0.5, 0.6) is 0 Å². The third-order valence-corrected chi connectivity index (χ3v) is 4.71. The van der Waals surface area contributed by atoms with E-state index in [1.165, 1.54) is 17.7 Å². The van der Waals surface area contributed by atoms with Gasteiger partial charge in [0, 0.05) is 34.9 Å². The lowest BCUT2D eigenvalue weighted by molar-refractivity contribution is 0.0625. The molecule has 1 aliphatic rings. The lowest BCUT2D eigenvalue weighted by atomic mass is 9.93. The molecule has 0 saturated carbocycles. The molecule has 0 bridgehead atoms. The van der Waals surface area contributed by atoms with Crippen molar-refractivity contribution in [2.75, 3.05) is 19.0 Å². The molecule has 0 radical (unpaired) electrons.